The van der Waals surface area contributed by atoms with E-state index < -0.39 is 14.5 Å². The predicted molar refractivity (Wildman–Crippen MR) is 63.7 cm³/mol. The molecule has 0 radical (unpaired) electrons. The van der Waals surface area contributed by atoms with Crippen LogP contribution in [0.25, 0.3) is 0 Å². The van der Waals surface area contributed by atoms with Crippen molar-refractivity contribution < 1.29 is 3.79 Å². The molecule has 0 saturated heterocycles. The Kier molecular flexibility index (Phi) is 7.53. The Labute approximate surface area is 96.0 Å². The molecule has 70 valence electrons. The van der Waals surface area contributed by atoms with Crippen LogP contribution in [0.3, 0.4) is 0 Å². The van der Waals surface area contributed by atoms with Crippen LogP contribution in [0.5, 0.6) is 5.75 Å². The second-order valence-corrected chi connectivity index (χ2v) is 5.98. The average Bonchev–Trinajstić information content (AvgIpc) is 2.16. The second kappa shape index (κ2) is 7.49. The van der Waals surface area contributed by atoms with Crippen LogP contribution in [0.1, 0.15) is 13.8 Å². The minimum atomic E-state index is -0.919. The summed E-state index contributed by atoms with van der Waals surface area (Å²) in [5.41, 5.74) is 0. The molecule has 0 N–H and O–H groups in total. The van der Waals surface area contributed by atoms with Gasteiger partial charge in [0.05, 0.1) is 5.75 Å². The summed E-state index contributed by atoms with van der Waals surface area (Å²) in [4.78, 5) is 0. The van der Waals surface area contributed by atoms with Gasteiger partial charge in [-0.1, -0.05) is 42.6 Å². The van der Waals surface area contributed by atoms with E-state index in [4.69, 9.17) is 3.79 Å². The molecule has 1 aromatic rings. The van der Waals surface area contributed by atoms with Gasteiger partial charge in [-0.2, -0.15) is 0 Å². The van der Waals surface area contributed by atoms with E-state index >= 15 is 0 Å². The Morgan fingerprint density at radius 1 is 1.08 bits per heavy atom. The standard InChI is InChI=1S/C6H6O.2C2H5.2Al.3H/c7-6-4-2-1-3-5-6;2*1-2;;;;;/h1-5,7H;2*1H2,2H3;;;;;/q;;;;+1;;;/p-1. The van der Waals surface area contributed by atoms with Gasteiger partial charge in [0.1, 0.15) is 0 Å². The molecular formula is C10H18Al2O. The van der Waals surface area contributed by atoms with Crippen LogP contribution in [0, 0.1) is 0 Å². The molecule has 1 aromatic carbocycles. The van der Waals surface area contributed by atoms with Crippen LogP contribution >= 0.6 is 0 Å². The normalized spacial score (nSPS) is 8.77. The predicted octanol–water partition coefficient (Wildman–Crippen LogP) is 1.91. The number of para-hydroxylation sites is 1. The van der Waals surface area contributed by atoms with Crippen molar-refractivity contribution in [3.8, 4) is 5.75 Å². The molecule has 1 rings (SSSR count). The topological polar surface area (TPSA) is 9.23 Å². The fourth-order valence-electron chi connectivity index (χ4n) is 1.15. The third-order valence-corrected chi connectivity index (χ3v) is 4.38. The lowest BCUT2D eigenvalue weighted by atomic mass is 10.3. The van der Waals surface area contributed by atoms with Crippen LogP contribution in [0.4, 0.5) is 0 Å². The highest BCUT2D eigenvalue weighted by molar-refractivity contribution is 6.52. The summed E-state index contributed by atoms with van der Waals surface area (Å²) >= 11 is -0.919. The molecule has 1 nitrogen and oxygen atoms in total. The van der Waals surface area contributed by atoms with E-state index in [2.05, 4.69) is 13.8 Å². The average molecular weight is 208 g/mol. The maximum absolute atomic E-state index is 5.85. The Bertz CT molecular complexity index is 209. The molecule has 0 saturated carbocycles. The Morgan fingerprint density at radius 3 is 2.08 bits per heavy atom. The lowest BCUT2D eigenvalue weighted by Crippen LogP contribution is -2.18. The molecule has 0 aromatic heterocycles. The van der Waals surface area contributed by atoms with Crippen LogP contribution in [-0.4, -0.2) is 31.8 Å². The van der Waals surface area contributed by atoms with Crippen LogP contribution in [0.2, 0.25) is 10.6 Å². The van der Waals surface area contributed by atoms with Gasteiger partial charge in [0.15, 0.2) is 17.4 Å². The molecule has 13 heavy (non-hydrogen) atoms. The molecule has 0 bridgehead atoms. The molecule has 0 aliphatic heterocycles. The number of benzene rings is 1. The van der Waals surface area contributed by atoms with Crippen molar-refractivity contribution in [3.63, 3.8) is 0 Å². The molecule has 0 atom stereocenters. The summed E-state index contributed by atoms with van der Waals surface area (Å²) in [6.45, 7) is 4.42. The third-order valence-electron chi connectivity index (χ3n) is 1.96. The first kappa shape index (κ1) is 13.1. The molecule has 0 aliphatic rings. The van der Waals surface area contributed by atoms with Gasteiger partial charge in [0, 0.05) is 0 Å². The van der Waals surface area contributed by atoms with E-state index in [0.29, 0.717) is 0 Å². The van der Waals surface area contributed by atoms with Gasteiger partial charge in [-0.3, -0.25) is 0 Å². The van der Waals surface area contributed by atoms with Gasteiger partial charge < -0.3 is 3.79 Å². The lowest BCUT2D eigenvalue weighted by Gasteiger charge is -2.11. The van der Waals surface area contributed by atoms with Gasteiger partial charge in [0.2, 0.25) is 0 Å². The largest absolute Gasteiger partial charge is 0.643 e. The smallest absolute Gasteiger partial charge is 0.546 e. The highest BCUT2D eigenvalue weighted by Gasteiger charge is 2.17. The quantitative estimate of drug-likeness (QED) is 0.687. The second-order valence-electron chi connectivity index (χ2n) is 2.87. The zero-order valence-corrected chi connectivity index (χ0v) is 8.94. The number of rotatable bonds is 4. The molecule has 0 fully saturated rings. The maximum atomic E-state index is 5.85. The summed E-state index contributed by atoms with van der Waals surface area (Å²) in [5.74, 6) is 1.04. The van der Waals surface area contributed by atoms with Crippen LogP contribution in [0.15, 0.2) is 30.3 Å². The molecule has 3 heteroatoms. The summed E-state index contributed by atoms with van der Waals surface area (Å²) in [6, 6.07) is 10.1. The molecule has 0 amide bonds. The van der Waals surface area contributed by atoms with Crippen molar-refractivity contribution in [2.24, 2.45) is 0 Å². The highest BCUT2D eigenvalue weighted by atomic mass is 27.2. The molecule has 0 heterocycles. The van der Waals surface area contributed by atoms with E-state index in [0.717, 1.165) is 5.75 Å². The van der Waals surface area contributed by atoms with Gasteiger partial charge in [-0.15, -0.1) is 0 Å². The van der Waals surface area contributed by atoms with E-state index in [1.807, 2.05) is 30.3 Å². The van der Waals surface area contributed by atoms with Crippen molar-refractivity contribution in [2.45, 2.75) is 24.4 Å². The first-order chi connectivity index (χ1) is 5.86. The first-order valence-corrected chi connectivity index (χ1v) is 6.69. The lowest BCUT2D eigenvalue weighted by molar-refractivity contribution is 0.566. The minimum absolute atomic E-state index is 0. The number of hydrogen-bond donors (Lipinski definition) is 0. The summed E-state index contributed by atoms with van der Waals surface area (Å²) in [5, 5.41) is 2.43. The number of hydrogen-bond acceptors (Lipinski definition) is 1. The van der Waals surface area contributed by atoms with E-state index in [-0.39, 0.29) is 17.4 Å². The van der Waals surface area contributed by atoms with Crippen molar-refractivity contribution in [3.05, 3.63) is 30.3 Å². The Morgan fingerprint density at radius 2 is 1.62 bits per heavy atom. The zero-order valence-electron chi connectivity index (χ0n) is 7.79. The van der Waals surface area contributed by atoms with Gasteiger partial charge in [-0.25, -0.2) is 0 Å². The van der Waals surface area contributed by atoms with E-state index in [1.165, 1.54) is 10.6 Å². The van der Waals surface area contributed by atoms with Crippen molar-refractivity contribution in [2.75, 3.05) is 0 Å². The van der Waals surface area contributed by atoms with Gasteiger partial charge in [-0.05, 0) is 12.1 Å². The van der Waals surface area contributed by atoms with E-state index in [9.17, 15) is 0 Å². The van der Waals surface area contributed by atoms with Gasteiger partial charge >= 0.3 is 14.5 Å². The molecule has 0 unspecified atom stereocenters. The van der Waals surface area contributed by atoms with Crippen molar-refractivity contribution in [1.82, 2.24) is 0 Å². The fourth-order valence-corrected chi connectivity index (χ4v) is 2.60. The Hall–Kier alpha value is 0.0849. The summed E-state index contributed by atoms with van der Waals surface area (Å²) in [7, 11) is 0. The monoisotopic (exact) mass is 208 g/mol. The maximum Gasteiger partial charge on any atom is 0.546 e. The molecule has 0 spiro atoms. The summed E-state index contributed by atoms with van der Waals surface area (Å²) < 4.78 is 5.85. The first-order valence-electron chi connectivity index (χ1n) is 4.58. The SMILES string of the molecule is C[CH2][Al]([CH2]C)[O]c1ccccc1.[AlH3]. The fraction of sp³-hybridized carbons (Fsp3) is 0.400. The zero-order chi connectivity index (χ0) is 8.81. The van der Waals surface area contributed by atoms with E-state index in [1.54, 1.807) is 0 Å². The van der Waals surface area contributed by atoms with Crippen molar-refractivity contribution in [1.29, 1.82) is 0 Å². The highest BCUT2D eigenvalue weighted by Crippen LogP contribution is 2.12. The van der Waals surface area contributed by atoms with Crippen LogP contribution < -0.4 is 3.79 Å². The van der Waals surface area contributed by atoms with Crippen molar-refractivity contribution >= 4 is 31.8 Å². The molecule has 0 aliphatic carbocycles. The summed E-state index contributed by atoms with van der Waals surface area (Å²) in [6.07, 6.45) is 0. The molecular weight excluding hydrogens is 190 g/mol. The van der Waals surface area contributed by atoms with Gasteiger partial charge in [0.25, 0.3) is 0 Å². The minimum Gasteiger partial charge on any atom is -0.643 e. The third kappa shape index (κ3) is 4.75. The Balaban J connectivity index is 0.00000144. The van der Waals surface area contributed by atoms with Crippen LogP contribution in [-0.2, 0) is 0 Å².